The molecule has 0 spiro atoms. The molecule has 4 heteroatoms. The molecule has 3 atom stereocenters. The summed E-state index contributed by atoms with van der Waals surface area (Å²) in [6, 6.07) is 0. The molecule has 0 saturated carbocycles. The third-order valence-corrected chi connectivity index (χ3v) is 5.33. The molecule has 0 aromatic carbocycles. The molecule has 0 aromatic rings. The van der Waals surface area contributed by atoms with E-state index in [9.17, 15) is 14.7 Å². The van der Waals surface area contributed by atoms with Crippen LogP contribution in [-0.4, -0.2) is 23.1 Å². The molecule has 4 nitrogen and oxygen atoms in total. The highest BCUT2D eigenvalue weighted by Crippen LogP contribution is 2.27. The Labute approximate surface area is 159 Å². The summed E-state index contributed by atoms with van der Waals surface area (Å²) in [5, 5.41) is 9.25. The van der Waals surface area contributed by atoms with Crippen LogP contribution in [0, 0.1) is 11.8 Å². The Kier molecular flexibility index (Phi) is 12.1. The van der Waals surface area contributed by atoms with E-state index in [2.05, 4.69) is 6.92 Å². The van der Waals surface area contributed by atoms with E-state index in [1.807, 2.05) is 19.1 Å². The molecule has 0 amide bonds. The van der Waals surface area contributed by atoms with E-state index in [0.717, 1.165) is 12.8 Å². The summed E-state index contributed by atoms with van der Waals surface area (Å²) < 4.78 is 5.52. The summed E-state index contributed by atoms with van der Waals surface area (Å²) in [7, 11) is 0. The van der Waals surface area contributed by atoms with Gasteiger partial charge in [0, 0.05) is 0 Å². The van der Waals surface area contributed by atoms with Gasteiger partial charge >= 0.3 is 11.9 Å². The number of carbonyl (C=O) groups is 2. The molecule has 0 saturated heterocycles. The smallest absolute Gasteiger partial charge is 0.310 e. The van der Waals surface area contributed by atoms with Gasteiger partial charge in [-0.15, -0.1) is 0 Å². The van der Waals surface area contributed by atoms with Crippen LogP contribution in [0.1, 0.15) is 97.3 Å². The zero-order valence-corrected chi connectivity index (χ0v) is 16.8. The van der Waals surface area contributed by atoms with Crippen LogP contribution in [-0.2, 0) is 14.3 Å². The summed E-state index contributed by atoms with van der Waals surface area (Å²) in [6.07, 6.45) is 18.3. The maximum atomic E-state index is 12.3. The highest BCUT2D eigenvalue weighted by atomic mass is 16.5. The zero-order valence-electron chi connectivity index (χ0n) is 16.8. The van der Waals surface area contributed by atoms with Crippen molar-refractivity contribution in [1.82, 2.24) is 0 Å². The van der Waals surface area contributed by atoms with Gasteiger partial charge in [-0.1, -0.05) is 76.9 Å². The predicted molar refractivity (Wildman–Crippen MR) is 105 cm³/mol. The molecule has 0 radical (unpaired) electrons. The number of hydrogen-bond acceptors (Lipinski definition) is 3. The Morgan fingerprint density at radius 3 is 1.96 bits per heavy atom. The molecule has 1 N–H and O–H groups in total. The molecule has 0 bridgehead atoms. The maximum absolute atomic E-state index is 12.3. The summed E-state index contributed by atoms with van der Waals surface area (Å²) in [6.45, 7) is 4.16. The predicted octanol–water partition coefficient (Wildman–Crippen LogP) is 5.90. The molecule has 0 fully saturated rings. The molecule has 26 heavy (non-hydrogen) atoms. The summed E-state index contributed by atoms with van der Waals surface area (Å²) in [4.78, 5) is 23.6. The molecule has 0 aromatic heterocycles. The second-order valence-corrected chi connectivity index (χ2v) is 7.71. The summed E-state index contributed by atoms with van der Waals surface area (Å²) in [5.74, 6) is -2.43. The first kappa shape index (κ1) is 22.7. The topological polar surface area (TPSA) is 63.6 Å². The van der Waals surface area contributed by atoms with Crippen LogP contribution in [0.4, 0.5) is 0 Å². The monoisotopic (exact) mass is 366 g/mol. The van der Waals surface area contributed by atoms with Crippen molar-refractivity contribution in [3.05, 3.63) is 12.2 Å². The van der Waals surface area contributed by atoms with Crippen molar-refractivity contribution in [3.8, 4) is 0 Å². The van der Waals surface area contributed by atoms with Crippen LogP contribution in [0.5, 0.6) is 0 Å². The lowest BCUT2D eigenvalue weighted by atomic mass is 9.83. The second kappa shape index (κ2) is 13.8. The molecule has 0 aliphatic heterocycles. The van der Waals surface area contributed by atoms with E-state index in [1.54, 1.807) is 0 Å². The molecule has 150 valence electrons. The van der Waals surface area contributed by atoms with Crippen LogP contribution in [0.2, 0.25) is 0 Å². The number of carboxylic acids is 1. The van der Waals surface area contributed by atoms with Gasteiger partial charge in [-0.05, 0) is 32.6 Å². The average molecular weight is 367 g/mol. The fraction of sp³-hybridized carbons (Fsp3) is 0.818. The minimum Gasteiger partial charge on any atom is -0.481 e. The number of esters is 1. The normalized spacial score (nSPS) is 20.7. The van der Waals surface area contributed by atoms with E-state index in [1.165, 1.54) is 57.8 Å². The van der Waals surface area contributed by atoms with Gasteiger partial charge in [0.1, 0.15) is 0 Å². The van der Waals surface area contributed by atoms with Gasteiger partial charge in [-0.3, -0.25) is 9.59 Å². The van der Waals surface area contributed by atoms with Crippen LogP contribution in [0.25, 0.3) is 0 Å². The summed E-state index contributed by atoms with van der Waals surface area (Å²) in [5.41, 5.74) is 0. The Morgan fingerprint density at radius 2 is 1.42 bits per heavy atom. The molecule has 1 aliphatic rings. The van der Waals surface area contributed by atoms with Crippen molar-refractivity contribution >= 4 is 11.9 Å². The Balaban J connectivity index is 2.09. The van der Waals surface area contributed by atoms with Crippen molar-refractivity contribution in [1.29, 1.82) is 0 Å². The Bertz CT molecular complexity index is 430. The first-order chi connectivity index (χ1) is 12.6. The van der Waals surface area contributed by atoms with E-state index in [0.29, 0.717) is 12.8 Å². The first-order valence-corrected chi connectivity index (χ1v) is 10.6. The molecule has 1 aliphatic carbocycles. The van der Waals surface area contributed by atoms with Crippen LogP contribution < -0.4 is 0 Å². The van der Waals surface area contributed by atoms with Gasteiger partial charge in [-0.2, -0.15) is 0 Å². The SMILES string of the molecule is CCCCCCCCCCCCC(C)OC(=O)C1CC=CCC1C(=O)O. The van der Waals surface area contributed by atoms with Gasteiger partial charge in [-0.25, -0.2) is 0 Å². The molecule has 1 rings (SSSR count). The summed E-state index contributed by atoms with van der Waals surface area (Å²) >= 11 is 0. The average Bonchev–Trinajstić information content (AvgIpc) is 2.63. The van der Waals surface area contributed by atoms with E-state index in [4.69, 9.17) is 4.74 Å². The van der Waals surface area contributed by atoms with Crippen LogP contribution in [0.15, 0.2) is 12.2 Å². The van der Waals surface area contributed by atoms with Gasteiger partial charge in [0.25, 0.3) is 0 Å². The van der Waals surface area contributed by atoms with Crippen molar-refractivity contribution < 1.29 is 19.4 Å². The fourth-order valence-corrected chi connectivity index (χ4v) is 3.61. The fourth-order valence-electron chi connectivity index (χ4n) is 3.61. The molecule has 0 heterocycles. The minimum absolute atomic E-state index is 0.128. The number of carboxylic acid groups (broad SMARTS) is 1. The number of aliphatic carboxylic acids is 1. The molecule has 3 unspecified atom stereocenters. The largest absolute Gasteiger partial charge is 0.481 e. The lowest BCUT2D eigenvalue weighted by Gasteiger charge is -2.25. The molecular formula is C22H38O4. The van der Waals surface area contributed by atoms with E-state index in [-0.39, 0.29) is 12.1 Å². The van der Waals surface area contributed by atoms with Crippen molar-refractivity contribution in [2.24, 2.45) is 11.8 Å². The van der Waals surface area contributed by atoms with Crippen molar-refractivity contribution in [2.45, 2.75) is 103 Å². The van der Waals surface area contributed by atoms with Gasteiger partial charge in [0.2, 0.25) is 0 Å². The first-order valence-electron chi connectivity index (χ1n) is 10.6. The lowest BCUT2D eigenvalue weighted by molar-refractivity contribution is -0.161. The van der Waals surface area contributed by atoms with E-state index >= 15 is 0 Å². The Morgan fingerprint density at radius 1 is 0.923 bits per heavy atom. The standard InChI is InChI=1S/C22H38O4/c1-3-4-5-6-7-8-9-10-11-12-15-18(2)26-22(25)20-17-14-13-16-19(20)21(23)24/h13-14,18-20H,3-12,15-17H2,1-2H3,(H,23,24). The number of hydrogen-bond donors (Lipinski definition) is 1. The van der Waals surface area contributed by atoms with E-state index < -0.39 is 17.8 Å². The number of allylic oxidation sites excluding steroid dienone is 2. The second-order valence-electron chi connectivity index (χ2n) is 7.71. The molecular weight excluding hydrogens is 328 g/mol. The Hall–Kier alpha value is -1.32. The highest BCUT2D eigenvalue weighted by molar-refractivity contribution is 5.81. The number of unbranched alkanes of at least 4 members (excludes halogenated alkanes) is 9. The third-order valence-electron chi connectivity index (χ3n) is 5.33. The van der Waals surface area contributed by atoms with Gasteiger partial charge in [0.05, 0.1) is 17.9 Å². The number of carbonyl (C=O) groups excluding carboxylic acids is 1. The van der Waals surface area contributed by atoms with Crippen LogP contribution in [0.3, 0.4) is 0 Å². The van der Waals surface area contributed by atoms with Crippen LogP contribution >= 0.6 is 0 Å². The highest BCUT2D eigenvalue weighted by Gasteiger charge is 2.35. The minimum atomic E-state index is -0.904. The zero-order chi connectivity index (χ0) is 19.2. The maximum Gasteiger partial charge on any atom is 0.310 e. The van der Waals surface area contributed by atoms with Crippen molar-refractivity contribution in [3.63, 3.8) is 0 Å². The van der Waals surface area contributed by atoms with Gasteiger partial charge < -0.3 is 9.84 Å². The number of ether oxygens (including phenoxy) is 1. The van der Waals surface area contributed by atoms with Gasteiger partial charge in [0.15, 0.2) is 0 Å². The quantitative estimate of drug-likeness (QED) is 0.236. The number of rotatable bonds is 14. The third kappa shape index (κ3) is 9.40. The van der Waals surface area contributed by atoms with Crippen molar-refractivity contribution in [2.75, 3.05) is 0 Å². The lowest BCUT2D eigenvalue weighted by Crippen LogP contribution is -2.33.